The van der Waals surface area contributed by atoms with Gasteiger partial charge in [-0.2, -0.15) is 0 Å². The molecule has 0 aliphatic carbocycles. The van der Waals surface area contributed by atoms with E-state index in [1.807, 2.05) is 18.4 Å². The van der Waals surface area contributed by atoms with Crippen LogP contribution in [-0.4, -0.2) is 5.78 Å². The first kappa shape index (κ1) is 11.4. The summed E-state index contributed by atoms with van der Waals surface area (Å²) in [5, 5.41) is 1.93. The third kappa shape index (κ3) is 2.03. The zero-order valence-corrected chi connectivity index (χ0v) is 11.1. The number of carbonyl (C=O) groups is 1. The molecule has 0 aliphatic rings. The van der Waals surface area contributed by atoms with Crippen molar-refractivity contribution in [2.45, 2.75) is 6.92 Å². The predicted molar refractivity (Wildman–Crippen MR) is 71.0 cm³/mol. The Hall–Kier alpha value is -1.13. The SMILES string of the molecule is Cc1ccsc1C(=O)c1ccc(N)c(Br)c1. The van der Waals surface area contributed by atoms with Crippen LogP contribution in [0.5, 0.6) is 0 Å². The number of aryl methyl sites for hydroxylation is 1. The number of nitrogen functional groups attached to an aromatic ring is 1. The third-order valence-corrected chi connectivity index (χ3v) is 4.03. The number of hydrogen-bond acceptors (Lipinski definition) is 3. The van der Waals surface area contributed by atoms with E-state index in [2.05, 4.69) is 15.9 Å². The van der Waals surface area contributed by atoms with Crippen LogP contribution in [0.2, 0.25) is 0 Å². The lowest BCUT2D eigenvalue weighted by Gasteiger charge is -2.03. The van der Waals surface area contributed by atoms with Crippen molar-refractivity contribution in [3.8, 4) is 0 Å². The quantitative estimate of drug-likeness (QED) is 0.679. The molecular formula is C12H10BrNOS. The van der Waals surface area contributed by atoms with E-state index in [1.165, 1.54) is 11.3 Å². The van der Waals surface area contributed by atoms with Gasteiger partial charge in [-0.3, -0.25) is 4.79 Å². The number of halogens is 1. The Kier molecular flexibility index (Phi) is 3.12. The van der Waals surface area contributed by atoms with Gasteiger partial charge in [-0.25, -0.2) is 0 Å². The van der Waals surface area contributed by atoms with Gasteiger partial charge in [0.15, 0.2) is 0 Å². The van der Waals surface area contributed by atoms with E-state index < -0.39 is 0 Å². The van der Waals surface area contributed by atoms with E-state index in [-0.39, 0.29) is 5.78 Å². The average molecular weight is 296 g/mol. The Morgan fingerprint density at radius 1 is 1.38 bits per heavy atom. The smallest absolute Gasteiger partial charge is 0.203 e. The van der Waals surface area contributed by atoms with Crippen LogP contribution in [0.4, 0.5) is 5.69 Å². The van der Waals surface area contributed by atoms with Crippen molar-refractivity contribution in [2.24, 2.45) is 0 Å². The van der Waals surface area contributed by atoms with Crippen LogP contribution in [0.15, 0.2) is 34.1 Å². The highest BCUT2D eigenvalue weighted by atomic mass is 79.9. The second-order valence-electron chi connectivity index (χ2n) is 3.50. The second kappa shape index (κ2) is 4.39. The molecule has 16 heavy (non-hydrogen) atoms. The molecule has 0 saturated heterocycles. The Morgan fingerprint density at radius 2 is 2.12 bits per heavy atom. The number of ketones is 1. The highest BCUT2D eigenvalue weighted by molar-refractivity contribution is 9.10. The van der Waals surface area contributed by atoms with Gasteiger partial charge in [0.25, 0.3) is 0 Å². The summed E-state index contributed by atoms with van der Waals surface area (Å²) in [7, 11) is 0. The molecule has 0 radical (unpaired) electrons. The summed E-state index contributed by atoms with van der Waals surface area (Å²) < 4.78 is 0.757. The Morgan fingerprint density at radius 3 is 2.69 bits per heavy atom. The highest BCUT2D eigenvalue weighted by Gasteiger charge is 2.13. The van der Waals surface area contributed by atoms with E-state index >= 15 is 0 Å². The minimum Gasteiger partial charge on any atom is -0.398 e. The molecule has 2 nitrogen and oxygen atoms in total. The van der Waals surface area contributed by atoms with Gasteiger partial charge < -0.3 is 5.73 Å². The van der Waals surface area contributed by atoms with Crippen molar-refractivity contribution in [3.63, 3.8) is 0 Å². The molecule has 0 saturated carbocycles. The first-order valence-electron chi connectivity index (χ1n) is 4.73. The molecule has 1 heterocycles. The zero-order valence-electron chi connectivity index (χ0n) is 8.66. The standard InChI is InChI=1S/C12H10BrNOS/c1-7-4-5-16-12(7)11(15)8-2-3-10(14)9(13)6-8/h2-6H,14H2,1H3. The summed E-state index contributed by atoms with van der Waals surface area (Å²) in [5.74, 6) is 0.0493. The fourth-order valence-electron chi connectivity index (χ4n) is 1.40. The summed E-state index contributed by atoms with van der Waals surface area (Å²) in [5.41, 5.74) is 8.00. The van der Waals surface area contributed by atoms with Crippen LogP contribution in [0.1, 0.15) is 20.8 Å². The van der Waals surface area contributed by atoms with Gasteiger partial charge in [-0.15, -0.1) is 11.3 Å². The maximum Gasteiger partial charge on any atom is 0.203 e. The lowest BCUT2D eigenvalue weighted by Crippen LogP contribution is -2.01. The van der Waals surface area contributed by atoms with Gasteiger partial charge in [0.05, 0.1) is 4.88 Å². The van der Waals surface area contributed by atoms with Crippen LogP contribution >= 0.6 is 27.3 Å². The Bertz CT molecular complexity index is 548. The van der Waals surface area contributed by atoms with Gasteiger partial charge in [-0.1, -0.05) is 0 Å². The van der Waals surface area contributed by atoms with Crippen molar-refractivity contribution < 1.29 is 4.79 Å². The maximum atomic E-state index is 12.1. The highest BCUT2D eigenvalue weighted by Crippen LogP contribution is 2.24. The van der Waals surface area contributed by atoms with Crippen LogP contribution in [-0.2, 0) is 0 Å². The summed E-state index contributed by atoms with van der Waals surface area (Å²) in [6, 6.07) is 7.20. The van der Waals surface area contributed by atoms with Crippen molar-refractivity contribution >= 4 is 38.7 Å². The molecule has 0 spiro atoms. The molecule has 0 amide bonds. The van der Waals surface area contributed by atoms with Crippen LogP contribution in [0.25, 0.3) is 0 Å². The molecule has 82 valence electrons. The average Bonchev–Trinajstić information content (AvgIpc) is 2.67. The number of thiophene rings is 1. The minimum atomic E-state index is 0.0493. The number of hydrogen-bond donors (Lipinski definition) is 1. The summed E-state index contributed by atoms with van der Waals surface area (Å²) in [6.07, 6.45) is 0. The van der Waals surface area contributed by atoms with E-state index in [1.54, 1.807) is 18.2 Å². The molecule has 1 aromatic heterocycles. The van der Waals surface area contributed by atoms with Gasteiger partial charge in [0.1, 0.15) is 0 Å². The number of nitrogens with two attached hydrogens (primary N) is 1. The van der Waals surface area contributed by atoms with Gasteiger partial charge in [-0.05, 0) is 58.1 Å². The Balaban J connectivity index is 2.42. The maximum absolute atomic E-state index is 12.1. The van der Waals surface area contributed by atoms with Crippen LogP contribution in [0.3, 0.4) is 0 Å². The van der Waals surface area contributed by atoms with Crippen LogP contribution < -0.4 is 5.73 Å². The molecule has 0 aliphatic heterocycles. The van der Waals surface area contributed by atoms with Crippen molar-refractivity contribution in [1.29, 1.82) is 0 Å². The van der Waals surface area contributed by atoms with Crippen molar-refractivity contribution in [3.05, 3.63) is 50.1 Å². The first-order valence-corrected chi connectivity index (χ1v) is 6.40. The lowest BCUT2D eigenvalue weighted by molar-refractivity contribution is 0.104. The van der Waals surface area contributed by atoms with E-state index in [0.29, 0.717) is 11.3 Å². The molecule has 2 rings (SSSR count). The molecule has 2 N–H and O–H groups in total. The Labute approximate surface area is 106 Å². The number of rotatable bonds is 2. The molecular weight excluding hydrogens is 286 g/mol. The van der Waals surface area contributed by atoms with E-state index in [4.69, 9.17) is 5.73 Å². The minimum absolute atomic E-state index is 0.0493. The topological polar surface area (TPSA) is 43.1 Å². The first-order chi connectivity index (χ1) is 7.59. The number of carbonyl (C=O) groups excluding carboxylic acids is 1. The van der Waals surface area contributed by atoms with E-state index in [9.17, 15) is 4.79 Å². The molecule has 2 aromatic rings. The normalized spacial score (nSPS) is 10.4. The second-order valence-corrected chi connectivity index (χ2v) is 5.27. The molecule has 4 heteroatoms. The molecule has 0 atom stereocenters. The third-order valence-electron chi connectivity index (χ3n) is 2.33. The lowest BCUT2D eigenvalue weighted by atomic mass is 10.1. The molecule has 0 bridgehead atoms. The van der Waals surface area contributed by atoms with Crippen LogP contribution in [0, 0.1) is 6.92 Å². The number of benzene rings is 1. The fraction of sp³-hybridized carbons (Fsp3) is 0.0833. The summed E-state index contributed by atoms with van der Waals surface area (Å²) in [6.45, 7) is 1.94. The molecule has 0 unspecified atom stereocenters. The summed E-state index contributed by atoms with van der Waals surface area (Å²) >= 11 is 4.79. The van der Waals surface area contributed by atoms with E-state index in [0.717, 1.165) is 14.9 Å². The predicted octanol–water partition coefficient (Wildman–Crippen LogP) is 3.63. The summed E-state index contributed by atoms with van der Waals surface area (Å²) in [4.78, 5) is 12.9. The largest absolute Gasteiger partial charge is 0.398 e. The molecule has 0 fully saturated rings. The van der Waals surface area contributed by atoms with Gasteiger partial charge in [0, 0.05) is 15.7 Å². The monoisotopic (exact) mass is 295 g/mol. The van der Waals surface area contributed by atoms with Crippen molar-refractivity contribution in [1.82, 2.24) is 0 Å². The number of anilines is 1. The zero-order chi connectivity index (χ0) is 11.7. The fourth-order valence-corrected chi connectivity index (χ4v) is 2.67. The van der Waals surface area contributed by atoms with Gasteiger partial charge >= 0.3 is 0 Å². The molecule has 1 aromatic carbocycles. The van der Waals surface area contributed by atoms with Crippen molar-refractivity contribution in [2.75, 3.05) is 5.73 Å². The van der Waals surface area contributed by atoms with Gasteiger partial charge in [0.2, 0.25) is 5.78 Å².